The molecule has 2 rings (SSSR count). The van der Waals surface area contributed by atoms with Crippen LogP contribution in [0.4, 0.5) is 9.59 Å². The highest BCUT2D eigenvalue weighted by molar-refractivity contribution is 5.95. The molecule has 0 unspecified atom stereocenters. The van der Waals surface area contributed by atoms with E-state index in [-0.39, 0.29) is 25.4 Å². The number of carbonyl (C=O) groups excluding carboxylic acids is 4. The number of oxime groups is 1. The van der Waals surface area contributed by atoms with Crippen LogP contribution in [0, 0.1) is 0 Å². The Labute approximate surface area is 214 Å². The minimum Gasteiger partial charge on any atom is -0.466 e. The van der Waals surface area contributed by atoms with Crippen molar-refractivity contribution in [2.45, 2.75) is 51.5 Å². The summed E-state index contributed by atoms with van der Waals surface area (Å²) >= 11 is 0. The highest BCUT2D eigenvalue weighted by Gasteiger charge is 2.40. The topological polar surface area (TPSA) is 168 Å². The van der Waals surface area contributed by atoms with Crippen LogP contribution in [0.1, 0.15) is 32.8 Å². The van der Waals surface area contributed by atoms with Crippen molar-refractivity contribution in [1.29, 1.82) is 0 Å². The van der Waals surface area contributed by atoms with E-state index in [4.69, 9.17) is 20.0 Å². The Morgan fingerprint density at radius 3 is 2.41 bits per heavy atom. The molecule has 37 heavy (non-hydrogen) atoms. The fourth-order valence-corrected chi connectivity index (χ4v) is 3.25. The zero-order valence-electron chi connectivity index (χ0n) is 21.4. The number of carbonyl (C=O) groups is 4. The van der Waals surface area contributed by atoms with Crippen molar-refractivity contribution in [3.05, 3.63) is 47.7 Å². The number of amides is 2. The van der Waals surface area contributed by atoms with Gasteiger partial charge < -0.3 is 34.8 Å². The molecule has 1 saturated heterocycles. The van der Waals surface area contributed by atoms with Gasteiger partial charge in [0.1, 0.15) is 12.2 Å². The number of benzene rings is 1. The Balaban J connectivity index is 2.21. The maximum absolute atomic E-state index is 12.9. The second-order valence-electron chi connectivity index (χ2n) is 8.92. The second-order valence-corrected chi connectivity index (χ2v) is 8.92. The molecule has 0 saturated carbocycles. The summed E-state index contributed by atoms with van der Waals surface area (Å²) in [5, 5.41) is 6.41. The molecular formula is C24H32N4O9. The third-order valence-electron chi connectivity index (χ3n) is 4.89. The minimum atomic E-state index is -1.00. The molecule has 1 aliphatic heterocycles. The zero-order chi connectivity index (χ0) is 27.6. The van der Waals surface area contributed by atoms with E-state index in [1.807, 2.05) is 18.2 Å². The largest absolute Gasteiger partial charge is 0.466 e. The first-order chi connectivity index (χ1) is 17.4. The highest BCUT2D eigenvalue weighted by Crippen LogP contribution is 2.21. The number of nitrogens with two attached hydrogens (primary N) is 1. The van der Waals surface area contributed by atoms with Gasteiger partial charge >= 0.3 is 24.1 Å². The quantitative estimate of drug-likeness (QED) is 0.0981. The van der Waals surface area contributed by atoms with E-state index < -0.39 is 47.6 Å². The Morgan fingerprint density at radius 2 is 1.81 bits per heavy atom. The SMILES string of the molecule is COC(=O)/C=C(/O/N=C(\N)[C@@H]1C[C@H](NC(=O)OC(C)(C)C)CN1C(=O)OCc1ccccc1)C(=O)OC. The van der Waals surface area contributed by atoms with Crippen molar-refractivity contribution in [2.75, 3.05) is 20.8 Å². The van der Waals surface area contributed by atoms with Gasteiger partial charge in [0, 0.05) is 6.54 Å². The summed E-state index contributed by atoms with van der Waals surface area (Å²) in [5.74, 6) is -2.69. The van der Waals surface area contributed by atoms with Crippen molar-refractivity contribution in [1.82, 2.24) is 10.2 Å². The number of hydrogen-bond donors (Lipinski definition) is 2. The molecule has 0 aliphatic carbocycles. The van der Waals surface area contributed by atoms with Crippen LogP contribution in [0.25, 0.3) is 0 Å². The maximum atomic E-state index is 12.9. The summed E-state index contributed by atoms with van der Waals surface area (Å²) in [6.07, 6.45) is -0.502. The fourth-order valence-electron chi connectivity index (χ4n) is 3.25. The first-order valence-corrected chi connectivity index (χ1v) is 11.3. The van der Waals surface area contributed by atoms with Crippen LogP contribution in [0.15, 0.2) is 47.3 Å². The number of esters is 2. The first kappa shape index (κ1) is 28.9. The molecule has 0 aromatic heterocycles. The molecule has 1 aliphatic rings. The maximum Gasteiger partial charge on any atom is 0.410 e. The van der Waals surface area contributed by atoms with Crippen molar-refractivity contribution >= 4 is 30.0 Å². The number of rotatable bonds is 8. The summed E-state index contributed by atoms with van der Waals surface area (Å²) in [6, 6.07) is 7.63. The van der Waals surface area contributed by atoms with E-state index in [1.165, 1.54) is 4.90 Å². The summed E-state index contributed by atoms with van der Waals surface area (Å²) < 4.78 is 19.7. The fraction of sp³-hybridized carbons (Fsp3) is 0.458. The van der Waals surface area contributed by atoms with E-state index in [2.05, 4.69) is 19.9 Å². The molecule has 1 heterocycles. The van der Waals surface area contributed by atoms with Gasteiger partial charge in [0.15, 0.2) is 5.84 Å². The van der Waals surface area contributed by atoms with Crippen molar-refractivity contribution in [3.63, 3.8) is 0 Å². The summed E-state index contributed by atoms with van der Waals surface area (Å²) in [7, 11) is 2.19. The van der Waals surface area contributed by atoms with E-state index in [1.54, 1.807) is 32.9 Å². The van der Waals surface area contributed by atoms with Crippen LogP contribution in [-0.4, -0.2) is 73.3 Å². The van der Waals surface area contributed by atoms with Gasteiger partial charge in [-0.1, -0.05) is 35.5 Å². The Hall–Kier alpha value is -4.29. The van der Waals surface area contributed by atoms with Gasteiger partial charge in [0.25, 0.3) is 0 Å². The van der Waals surface area contributed by atoms with Gasteiger partial charge in [0.05, 0.1) is 32.4 Å². The molecule has 13 nitrogen and oxygen atoms in total. The lowest BCUT2D eigenvalue weighted by Gasteiger charge is -2.23. The number of nitrogens with one attached hydrogen (secondary N) is 1. The zero-order valence-corrected chi connectivity index (χ0v) is 21.4. The Bertz CT molecular complexity index is 1030. The predicted molar refractivity (Wildman–Crippen MR) is 130 cm³/mol. The van der Waals surface area contributed by atoms with E-state index in [9.17, 15) is 19.2 Å². The molecule has 13 heteroatoms. The molecule has 2 atom stereocenters. The minimum absolute atomic E-state index is 0.00889. The second kappa shape index (κ2) is 13.1. The molecule has 0 bridgehead atoms. The Kier molecular flexibility index (Phi) is 10.3. The van der Waals surface area contributed by atoms with Gasteiger partial charge in [-0.3, -0.25) is 4.90 Å². The number of methoxy groups -OCH3 is 2. The number of amidine groups is 1. The van der Waals surface area contributed by atoms with Crippen LogP contribution in [0.5, 0.6) is 0 Å². The summed E-state index contributed by atoms with van der Waals surface area (Å²) in [6.45, 7) is 5.21. The highest BCUT2D eigenvalue weighted by atomic mass is 16.7. The van der Waals surface area contributed by atoms with Crippen molar-refractivity contribution < 1.29 is 43.0 Å². The predicted octanol–water partition coefficient (Wildman–Crippen LogP) is 1.81. The molecular weight excluding hydrogens is 488 g/mol. The average Bonchev–Trinajstić information content (AvgIpc) is 3.27. The lowest BCUT2D eigenvalue weighted by Crippen LogP contribution is -2.44. The molecule has 1 aromatic carbocycles. The van der Waals surface area contributed by atoms with E-state index in [0.717, 1.165) is 25.9 Å². The van der Waals surface area contributed by atoms with Crippen LogP contribution in [0.3, 0.4) is 0 Å². The number of alkyl carbamates (subject to hydrolysis) is 1. The first-order valence-electron chi connectivity index (χ1n) is 11.3. The van der Waals surface area contributed by atoms with Gasteiger partial charge in [-0.2, -0.15) is 0 Å². The lowest BCUT2D eigenvalue weighted by molar-refractivity contribution is -0.142. The number of likely N-dealkylation sites (tertiary alicyclic amines) is 1. The monoisotopic (exact) mass is 520 g/mol. The molecule has 1 fully saturated rings. The number of hydrogen-bond acceptors (Lipinski definition) is 10. The van der Waals surface area contributed by atoms with E-state index in [0.29, 0.717) is 0 Å². The third-order valence-corrected chi connectivity index (χ3v) is 4.89. The van der Waals surface area contributed by atoms with Crippen LogP contribution in [0.2, 0.25) is 0 Å². The molecule has 2 amide bonds. The molecule has 0 spiro atoms. The molecule has 1 aromatic rings. The normalized spacial score (nSPS) is 18.0. The molecule has 0 radical (unpaired) electrons. The molecule has 3 N–H and O–H groups in total. The smallest absolute Gasteiger partial charge is 0.410 e. The van der Waals surface area contributed by atoms with Gasteiger partial charge in [-0.15, -0.1) is 0 Å². The van der Waals surface area contributed by atoms with Crippen LogP contribution < -0.4 is 11.1 Å². The summed E-state index contributed by atoms with van der Waals surface area (Å²) in [4.78, 5) is 54.9. The van der Waals surface area contributed by atoms with Gasteiger partial charge in [0.2, 0.25) is 5.76 Å². The summed E-state index contributed by atoms with van der Waals surface area (Å²) in [5.41, 5.74) is 6.15. The van der Waals surface area contributed by atoms with Crippen molar-refractivity contribution in [3.8, 4) is 0 Å². The molecule has 202 valence electrons. The Morgan fingerprint density at radius 1 is 1.14 bits per heavy atom. The van der Waals surface area contributed by atoms with Gasteiger partial charge in [-0.25, -0.2) is 19.2 Å². The standard InChI is InChI=1S/C24H32N4O9/c1-24(2,3)36-22(31)26-16-11-17(20(25)27-37-18(21(30)34-5)12-19(29)33-4)28(13-16)23(32)35-14-15-9-7-6-8-10-15/h6-10,12,16-17H,11,13-14H2,1-5H3,(H2,25,27)(H,26,31)/b18-12+/t16-,17-/m0/s1. The average molecular weight is 521 g/mol. The third kappa shape index (κ3) is 9.35. The van der Waals surface area contributed by atoms with Gasteiger partial charge in [-0.05, 0) is 32.8 Å². The lowest BCUT2D eigenvalue weighted by atomic mass is 10.1. The number of ether oxygens (including phenoxy) is 4. The number of nitrogens with zero attached hydrogens (tertiary/aromatic N) is 2. The van der Waals surface area contributed by atoms with E-state index >= 15 is 0 Å². The van der Waals surface area contributed by atoms with Crippen LogP contribution in [-0.2, 0) is 40.0 Å². The van der Waals surface area contributed by atoms with Crippen molar-refractivity contribution in [2.24, 2.45) is 10.9 Å². The van der Waals surface area contributed by atoms with Crippen LogP contribution >= 0.6 is 0 Å².